The lowest BCUT2D eigenvalue weighted by Gasteiger charge is -2.09. The smallest absolute Gasteiger partial charge is 0.258 e. The van der Waals surface area contributed by atoms with Crippen molar-refractivity contribution in [3.63, 3.8) is 0 Å². The van der Waals surface area contributed by atoms with Crippen LogP contribution in [0.4, 0.5) is 20.2 Å². The maximum Gasteiger partial charge on any atom is 0.258 e. The number of nitrogens with one attached hydrogen (secondary N) is 2. The van der Waals surface area contributed by atoms with Gasteiger partial charge in [-0.15, -0.1) is 0 Å². The van der Waals surface area contributed by atoms with E-state index in [9.17, 15) is 33.7 Å². The monoisotopic (exact) mass is 400 g/mol. The van der Waals surface area contributed by atoms with Gasteiger partial charge in [0.05, 0.1) is 5.56 Å². The minimum Gasteiger partial charge on any atom is -0.504 e. The SMILES string of the molecule is O=C(Nc1ccc(NC(=O)c2ccc(F)cc2F)cc1)c1cc(O)c(O)c(O)c1. The number of carbonyl (C=O) groups is 2. The van der Waals surface area contributed by atoms with Crippen molar-refractivity contribution >= 4 is 23.2 Å². The van der Waals surface area contributed by atoms with Crippen molar-refractivity contribution in [1.82, 2.24) is 0 Å². The normalized spacial score (nSPS) is 10.4. The maximum atomic E-state index is 13.7. The first-order valence-electron chi connectivity index (χ1n) is 8.17. The molecule has 0 saturated carbocycles. The molecule has 0 spiro atoms. The minimum atomic E-state index is -0.994. The topological polar surface area (TPSA) is 119 Å². The molecule has 29 heavy (non-hydrogen) atoms. The summed E-state index contributed by atoms with van der Waals surface area (Å²) in [6, 6.07) is 10.4. The standard InChI is InChI=1S/C20H14F2N2O5/c21-11-1-6-14(15(22)9-11)20(29)24-13-4-2-12(3-5-13)23-19(28)10-7-16(25)18(27)17(26)8-10/h1-9,25-27H,(H,23,28)(H,24,29). The largest absolute Gasteiger partial charge is 0.504 e. The highest BCUT2D eigenvalue weighted by atomic mass is 19.1. The van der Waals surface area contributed by atoms with Gasteiger partial charge in [0.1, 0.15) is 11.6 Å². The summed E-state index contributed by atoms with van der Waals surface area (Å²) in [5.74, 6) is -5.27. The fourth-order valence-corrected chi connectivity index (χ4v) is 2.45. The Kier molecular flexibility index (Phi) is 5.31. The quantitative estimate of drug-likeness (QED) is 0.429. The Morgan fingerprint density at radius 2 is 1.24 bits per heavy atom. The molecule has 0 atom stereocenters. The third-order valence-electron chi connectivity index (χ3n) is 3.91. The Hall–Kier alpha value is -4.14. The zero-order valence-corrected chi connectivity index (χ0v) is 14.6. The summed E-state index contributed by atoms with van der Waals surface area (Å²) in [6.45, 7) is 0. The van der Waals surface area contributed by atoms with Crippen LogP contribution in [0.2, 0.25) is 0 Å². The van der Waals surface area contributed by atoms with Crippen molar-refractivity contribution in [3.8, 4) is 17.2 Å². The van der Waals surface area contributed by atoms with Crippen LogP contribution in [0.25, 0.3) is 0 Å². The molecule has 0 radical (unpaired) electrons. The Morgan fingerprint density at radius 3 is 1.76 bits per heavy atom. The number of rotatable bonds is 4. The summed E-state index contributed by atoms with van der Waals surface area (Å²) in [5, 5.41) is 33.2. The van der Waals surface area contributed by atoms with Crippen LogP contribution in [0.3, 0.4) is 0 Å². The molecule has 0 bridgehead atoms. The Labute approximate surface area is 162 Å². The second-order valence-corrected chi connectivity index (χ2v) is 5.97. The number of hydrogen-bond donors (Lipinski definition) is 5. The Balaban J connectivity index is 1.68. The molecule has 0 aliphatic carbocycles. The number of amides is 2. The Morgan fingerprint density at radius 1 is 0.724 bits per heavy atom. The van der Waals surface area contributed by atoms with Gasteiger partial charge in [-0.1, -0.05) is 0 Å². The van der Waals surface area contributed by atoms with Crippen LogP contribution in [0.15, 0.2) is 54.6 Å². The molecule has 5 N–H and O–H groups in total. The first kappa shape index (κ1) is 19.6. The second kappa shape index (κ2) is 7.85. The third kappa shape index (κ3) is 4.41. The molecule has 0 fully saturated rings. The van der Waals surface area contributed by atoms with Crippen LogP contribution in [0, 0.1) is 11.6 Å². The van der Waals surface area contributed by atoms with Gasteiger partial charge < -0.3 is 26.0 Å². The maximum absolute atomic E-state index is 13.7. The lowest BCUT2D eigenvalue weighted by atomic mass is 10.1. The van der Waals surface area contributed by atoms with E-state index < -0.39 is 40.7 Å². The summed E-state index contributed by atoms with van der Waals surface area (Å²) in [5.41, 5.74) is 0.211. The molecule has 0 unspecified atom stereocenters. The number of phenolic OH excluding ortho intramolecular Hbond substituents is 3. The van der Waals surface area contributed by atoms with E-state index in [0.29, 0.717) is 17.4 Å². The zero-order valence-electron chi connectivity index (χ0n) is 14.6. The van der Waals surface area contributed by atoms with Gasteiger partial charge >= 0.3 is 0 Å². The van der Waals surface area contributed by atoms with E-state index in [0.717, 1.165) is 24.3 Å². The van der Waals surface area contributed by atoms with Gasteiger partial charge in [0, 0.05) is 23.0 Å². The second-order valence-electron chi connectivity index (χ2n) is 5.97. The molecule has 3 aromatic carbocycles. The number of anilines is 2. The molecular formula is C20H14F2N2O5. The van der Waals surface area contributed by atoms with Gasteiger partial charge in [-0.2, -0.15) is 0 Å². The molecule has 7 nitrogen and oxygen atoms in total. The minimum absolute atomic E-state index is 0.0954. The van der Waals surface area contributed by atoms with Crippen LogP contribution in [0.5, 0.6) is 17.2 Å². The highest BCUT2D eigenvalue weighted by Crippen LogP contribution is 2.35. The molecular weight excluding hydrogens is 386 g/mol. The van der Waals surface area contributed by atoms with Crippen LogP contribution in [0.1, 0.15) is 20.7 Å². The fraction of sp³-hybridized carbons (Fsp3) is 0. The van der Waals surface area contributed by atoms with Crippen LogP contribution in [-0.2, 0) is 0 Å². The van der Waals surface area contributed by atoms with Gasteiger partial charge in [-0.05, 0) is 48.5 Å². The molecule has 0 aliphatic rings. The van der Waals surface area contributed by atoms with E-state index in [1.165, 1.54) is 24.3 Å². The van der Waals surface area contributed by atoms with Gasteiger partial charge in [-0.25, -0.2) is 8.78 Å². The number of halogens is 2. The number of benzene rings is 3. The molecule has 0 aromatic heterocycles. The Bertz CT molecular complexity index is 1080. The average Bonchev–Trinajstić information content (AvgIpc) is 2.67. The molecule has 3 aromatic rings. The summed E-state index contributed by atoms with van der Waals surface area (Å²) < 4.78 is 26.6. The van der Waals surface area contributed by atoms with Crippen LogP contribution < -0.4 is 10.6 Å². The van der Waals surface area contributed by atoms with E-state index in [-0.39, 0.29) is 11.1 Å². The first-order valence-corrected chi connectivity index (χ1v) is 8.17. The third-order valence-corrected chi connectivity index (χ3v) is 3.91. The number of phenols is 3. The molecule has 3 rings (SSSR count). The summed E-state index contributed by atoms with van der Waals surface area (Å²) in [7, 11) is 0. The predicted molar refractivity (Wildman–Crippen MR) is 100 cm³/mol. The lowest BCUT2D eigenvalue weighted by Crippen LogP contribution is -2.14. The van der Waals surface area contributed by atoms with Crippen LogP contribution in [-0.4, -0.2) is 27.1 Å². The highest BCUT2D eigenvalue weighted by molar-refractivity contribution is 6.06. The van der Waals surface area contributed by atoms with Gasteiger partial charge in [0.2, 0.25) is 0 Å². The number of carbonyl (C=O) groups excluding carboxylic acids is 2. The molecule has 148 valence electrons. The molecule has 2 amide bonds. The van der Waals surface area contributed by atoms with Crippen molar-refractivity contribution in [1.29, 1.82) is 0 Å². The van der Waals surface area contributed by atoms with E-state index in [1.54, 1.807) is 0 Å². The van der Waals surface area contributed by atoms with Gasteiger partial charge in [0.15, 0.2) is 17.2 Å². The van der Waals surface area contributed by atoms with Crippen molar-refractivity contribution in [3.05, 3.63) is 77.4 Å². The highest BCUT2D eigenvalue weighted by Gasteiger charge is 2.15. The predicted octanol–water partition coefficient (Wildman–Crippen LogP) is 3.59. The summed E-state index contributed by atoms with van der Waals surface area (Å²) in [4.78, 5) is 24.3. The zero-order chi connectivity index (χ0) is 21.1. The first-order chi connectivity index (χ1) is 13.7. The van der Waals surface area contributed by atoms with E-state index in [1.807, 2.05) is 0 Å². The van der Waals surface area contributed by atoms with Crippen LogP contribution >= 0.6 is 0 Å². The fourth-order valence-electron chi connectivity index (χ4n) is 2.45. The molecule has 9 heteroatoms. The van der Waals surface area contributed by atoms with Crippen molar-refractivity contribution < 1.29 is 33.7 Å². The average molecular weight is 400 g/mol. The van der Waals surface area contributed by atoms with Gasteiger partial charge in [-0.3, -0.25) is 9.59 Å². The lowest BCUT2D eigenvalue weighted by molar-refractivity contribution is 0.101. The number of hydrogen-bond acceptors (Lipinski definition) is 5. The number of aromatic hydroxyl groups is 3. The van der Waals surface area contributed by atoms with Crippen molar-refractivity contribution in [2.45, 2.75) is 0 Å². The van der Waals surface area contributed by atoms with Gasteiger partial charge in [0.25, 0.3) is 11.8 Å². The molecule has 0 aliphatic heterocycles. The van der Waals surface area contributed by atoms with E-state index >= 15 is 0 Å². The summed E-state index contributed by atoms with van der Waals surface area (Å²) in [6.07, 6.45) is 0. The molecule has 0 heterocycles. The van der Waals surface area contributed by atoms with E-state index in [4.69, 9.17) is 0 Å². The molecule has 0 saturated heterocycles. The van der Waals surface area contributed by atoms with E-state index in [2.05, 4.69) is 10.6 Å². The summed E-state index contributed by atoms with van der Waals surface area (Å²) >= 11 is 0. The van der Waals surface area contributed by atoms with Crippen molar-refractivity contribution in [2.24, 2.45) is 0 Å². The van der Waals surface area contributed by atoms with Crippen molar-refractivity contribution in [2.75, 3.05) is 10.6 Å².